The van der Waals surface area contributed by atoms with Gasteiger partial charge in [-0.1, -0.05) is 24.3 Å². The zero-order chi connectivity index (χ0) is 19.4. The number of methoxy groups -OCH3 is 2. The van der Waals surface area contributed by atoms with Crippen LogP contribution in [0.1, 0.15) is 19.4 Å². The Kier molecular flexibility index (Phi) is 5.89. The molecule has 0 aliphatic carbocycles. The molecule has 1 fully saturated rings. The van der Waals surface area contributed by atoms with Crippen molar-refractivity contribution in [2.24, 2.45) is 0 Å². The fraction of sp³-hybridized carbons (Fsp3) is 0.409. The van der Waals surface area contributed by atoms with E-state index in [4.69, 9.17) is 9.47 Å². The molecule has 2 aromatic carbocycles. The number of piperazine rings is 1. The average molecular weight is 368 g/mol. The van der Waals surface area contributed by atoms with Crippen LogP contribution in [0.25, 0.3) is 0 Å². The molecule has 2 atom stereocenters. The number of ether oxygens (including phenoxy) is 2. The number of anilines is 1. The van der Waals surface area contributed by atoms with Crippen LogP contribution < -0.4 is 14.4 Å². The molecule has 0 saturated carbocycles. The number of benzene rings is 2. The molecule has 5 heteroatoms. The van der Waals surface area contributed by atoms with Crippen LogP contribution in [0.4, 0.5) is 5.69 Å². The molecule has 5 nitrogen and oxygen atoms in total. The van der Waals surface area contributed by atoms with Crippen LogP contribution in [-0.4, -0.2) is 50.2 Å². The van der Waals surface area contributed by atoms with Gasteiger partial charge in [0.05, 0.1) is 20.6 Å². The minimum absolute atomic E-state index is 0.147. The molecular formula is C22H28N2O3. The quantitative estimate of drug-likeness (QED) is 0.811. The zero-order valence-corrected chi connectivity index (χ0v) is 16.5. The Hall–Kier alpha value is -2.69. The Bertz CT molecular complexity index is 766. The molecule has 0 aromatic heterocycles. The third-order valence-corrected chi connectivity index (χ3v) is 5.13. The molecule has 1 aliphatic rings. The van der Waals surface area contributed by atoms with Gasteiger partial charge in [-0.2, -0.15) is 0 Å². The first-order valence-electron chi connectivity index (χ1n) is 9.35. The van der Waals surface area contributed by atoms with E-state index in [9.17, 15) is 4.79 Å². The lowest BCUT2D eigenvalue weighted by Gasteiger charge is -2.46. The zero-order valence-electron chi connectivity index (χ0n) is 16.5. The SMILES string of the molecule is COc1ccc(CC(=O)N2CC(C)N(c3ccccc3)C(C)C2)cc1OC. The number of hydrogen-bond acceptors (Lipinski definition) is 4. The normalized spacial score (nSPS) is 19.7. The molecular weight excluding hydrogens is 340 g/mol. The smallest absolute Gasteiger partial charge is 0.227 e. The molecule has 1 aliphatic heterocycles. The highest BCUT2D eigenvalue weighted by atomic mass is 16.5. The molecule has 2 unspecified atom stereocenters. The van der Waals surface area contributed by atoms with E-state index < -0.39 is 0 Å². The number of carbonyl (C=O) groups is 1. The molecule has 0 radical (unpaired) electrons. The van der Waals surface area contributed by atoms with Crippen molar-refractivity contribution in [3.63, 3.8) is 0 Å². The topological polar surface area (TPSA) is 42.0 Å². The molecule has 1 amide bonds. The predicted molar refractivity (Wildman–Crippen MR) is 108 cm³/mol. The van der Waals surface area contributed by atoms with Crippen molar-refractivity contribution in [3.8, 4) is 11.5 Å². The van der Waals surface area contributed by atoms with Gasteiger partial charge in [0.1, 0.15) is 0 Å². The largest absolute Gasteiger partial charge is 0.493 e. The maximum Gasteiger partial charge on any atom is 0.227 e. The molecule has 1 heterocycles. The van der Waals surface area contributed by atoms with Gasteiger partial charge in [0.2, 0.25) is 5.91 Å². The van der Waals surface area contributed by atoms with Crippen LogP contribution in [0, 0.1) is 0 Å². The summed E-state index contributed by atoms with van der Waals surface area (Å²) in [6, 6.07) is 16.6. The highest BCUT2D eigenvalue weighted by molar-refractivity contribution is 5.79. The Labute approximate surface area is 161 Å². The van der Waals surface area contributed by atoms with Crippen LogP contribution in [0.5, 0.6) is 11.5 Å². The van der Waals surface area contributed by atoms with Gasteiger partial charge in [-0.25, -0.2) is 0 Å². The van der Waals surface area contributed by atoms with E-state index in [0.29, 0.717) is 17.9 Å². The number of amides is 1. The number of hydrogen-bond donors (Lipinski definition) is 0. The van der Waals surface area contributed by atoms with Gasteiger partial charge >= 0.3 is 0 Å². The first-order valence-corrected chi connectivity index (χ1v) is 9.35. The molecule has 27 heavy (non-hydrogen) atoms. The highest BCUT2D eigenvalue weighted by Crippen LogP contribution is 2.28. The van der Waals surface area contributed by atoms with E-state index in [2.05, 4.69) is 43.0 Å². The third-order valence-electron chi connectivity index (χ3n) is 5.13. The summed E-state index contributed by atoms with van der Waals surface area (Å²) < 4.78 is 10.6. The summed E-state index contributed by atoms with van der Waals surface area (Å²) in [5, 5.41) is 0. The predicted octanol–water partition coefficient (Wildman–Crippen LogP) is 3.37. The van der Waals surface area contributed by atoms with E-state index in [-0.39, 0.29) is 18.0 Å². The first kappa shape index (κ1) is 19.1. The van der Waals surface area contributed by atoms with Crippen molar-refractivity contribution in [1.29, 1.82) is 0 Å². The van der Waals surface area contributed by atoms with E-state index in [1.165, 1.54) is 5.69 Å². The molecule has 0 N–H and O–H groups in total. The van der Waals surface area contributed by atoms with E-state index in [1.54, 1.807) is 14.2 Å². The molecule has 2 aromatic rings. The van der Waals surface area contributed by atoms with E-state index in [0.717, 1.165) is 18.7 Å². The van der Waals surface area contributed by atoms with Gasteiger partial charge in [0.25, 0.3) is 0 Å². The Morgan fingerprint density at radius 2 is 1.59 bits per heavy atom. The van der Waals surface area contributed by atoms with Gasteiger partial charge in [-0.3, -0.25) is 4.79 Å². The molecule has 0 spiro atoms. The van der Waals surface area contributed by atoms with Crippen LogP contribution in [0.2, 0.25) is 0 Å². The number of rotatable bonds is 5. The number of para-hydroxylation sites is 1. The maximum atomic E-state index is 12.9. The number of nitrogens with zero attached hydrogens (tertiary/aromatic N) is 2. The minimum Gasteiger partial charge on any atom is -0.493 e. The van der Waals surface area contributed by atoms with Gasteiger partial charge in [0, 0.05) is 30.9 Å². The lowest BCUT2D eigenvalue weighted by molar-refractivity contribution is -0.131. The summed E-state index contributed by atoms with van der Waals surface area (Å²) >= 11 is 0. The van der Waals surface area contributed by atoms with Gasteiger partial charge in [-0.05, 0) is 43.7 Å². The lowest BCUT2D eigenvalue weighted by Crippen LogP contribution is -2.58. The van der Waals surface area contributed by atoms with Crippen molar-refractivity contribution in [2.75, 3.05) is 32.2 Å². The summed E-state index contributed by atoms with van der Waals surface area (Å²) in [5.74, 6) is 1.47. The average Bonchev–Trinajstić information content (AvgIpc) is 2.68. The number of carbonyl (C=O) groups excluding carboxylic acids is 1. The molecule has 0 bridgehead atoms. The van der Waals surface area contributed by atoms with Crippen molar-refractivity contribution in [3.05, 3.63) is 54.1 Å². The minimum atomic E-state index is 0.147. The second-order valence-corrected chi connectivity index (χ2v) is 7.11. The third kappa shape index (κ3) is 4.18. The Morgan fingerprint density at radius 1 is 0.963 bits per heavy atom. The first-order chi connectivity index (χ1) is 13.0. The van der Waals surface area contributed by atoms with Gasteiger partial charge in [-0.15, -0.1) is 0 Å². The summed E-state index contributed by atoms with van der Waals surface area (Å²) in [7, 11) is 3.22. The van der Waals surface area contributed by atoms with Gasteiger partial charge in [0.15, 0.2) is 11.5 Å². The van der Waals surface area contributed by atoms with Crippen molar-refractivity contribution in [1.82, 2.24) is 4.90 Å². The standard InChI is InChI=1S/C22H28N2O3/c1-16-14-23(15-17(2)24(16)19-8-6-5-7-9-19)22(25)13-18-10-11-20(26-3)21(12-18)27-4/h5-12,16-17H,13-15H2,1-4H3. The summed E-state index contributed by atoms with van der Waals surface area (Å²) in [6.45, 7) is 5.81. The van der Waals surface area contributed by atoms with E-state index in [1.807, 2.05) is 29.2 Å². The Balaban J connectivity index is 1.68. The van der Waals surface area contributed by atoms with E-state index >= 15 is 0 Å². The summed E-state index contributed by atoms with van der Waals surface area (Å²) in [5.41, 5.74) is 2.15. The fourth-order valence-corrected chi connectivity index (χ4v) is 3.91. The van der Waals surface area contributed by atoms with Crippen LogP contribution >= 0.6 is 0 Å². The maximum absolute atomic E-state index is 12.9. The van der Waals surface area contributed by atoms with Crippen molar-refractivity contribution >= 4 is 11.6 Å². The highest BCUT2D eigenvalue weighted by Gasteiger charge is 2.31. The van der Waals surface area contributed by atoms with Crippen molar-refractivity contribution in [2.45, 2.75) is 32.4 Å². The fourth-order valence-electron chi connectivity index (χ4n) is 3.91. The van der Waals surface area contributed by atoms with Crippen molar-refractivity contribution < 1.29 is 14.3 Å². The van der Waals surface area contributed by atoms with Crippen LogP contribution in [0.3, 0.4) is 0 Å². The monoisotopic (exact) mass is 368 g/mol. The summed E-state index contributed by atoms with van der Waals surface area (Å²) in [4.78, 5) is 17.3. The van der Waals surface area contributed by atoms with Crippen LogP contribution in [0.15, 0.2) is 48.5 Å². The molecule has 144 valence electrons. The van der Waals surface area contributed by atoms with Crippen LogP contribution in [-0.2, 0) is 11.2 Å². The second kappa shape index (κ2) is 8.33. The molecule has 1 saturated heterocycles. The second-order valence-electron chi connectivity index (χ2n) is 7.11. The summed E-state index contributed by atoms with van der Waals surface area (Å²) in [6.07, 6.45) is 0.366. The van der Waals surface area contributed by atoms with Gasteiger partial charge < -0.3 is 19.3 Å². The Morgan fingerprint density at radius 3 is 2.19 bits per heavy atom. The molecule has 3 rings (SSSR count). The lowest BCUT2D eigenvalue weighted by atomic mass is 10.0.